The van der Waals surface area contributed by atoms with Crippen molar-refractivity contribution >= 4 is 5.78 Å². The molecule has 4 nitrogen and oxygen atoms in total. The fraction of sp³-hybridized carbons (Fsp3) is 0.786. The van der Waals surface area contributed by atoms with E-state index >= 15 is 0 Å². The predicted octanol–water partition coefficient (Wildman–Crippen LogP) is 2.04. The molecule has 18 heavy (non-hydrogen) atoms. The lowest BCUT2D eigenvalue weighted by atomic mass is 9.78. The first kappa shape index (κ1) is 15.0. The van der Waals surface area contributed by atoms with Crippen LogP contribution >= 0.6 is 0 Å². The highest BCUT2D eigenvalue weighted by molar-refractivity contribution is 5.95. The van der Waals surface area contributed by atoms with Gasteiger partial charge in [-0.2, -0.15) is 0 Å². The number of Topliss-reactive ketones (excluding diaryl/α,β-unsaturated/α-hetero) is 1. The number of nitrogens with one attached hydrogen (secondary N) is 2. The van der Waals surface area contributed by atoms with Crippen molar-refractivity contribution in [2.45, 2.75) is 53.5 Å². The number of nitrogens with zero attached hydrogens (tertiary/aromatic N) is 1. The summed E-state index contributed by atoms with van der Waals surface area (Å²) in [5.41, 5.74) is 4.36. The molecule has 0 fully saturated rings. The third-order valence-corrected chi connectivity index (χ3v) is 3.82. The SMILES string of the molecule is CCCNC1=C(C(C)=O)C(C(C)(C)CC)NN1C. The van der Waals surface area contributed by atoms with Crippen molar-refractivity contribution in [2.75, 3.05) is 13.6 Å². The highest BCUT2D eigenvalue weighted by atomic mass is 16.1. The second-order valence-electron chi connectivity index (χ2n) is 5.71. The van der Waals surface area contributed by atoms with E-state index in [1.54, 1.807) is 6.92 Å². The highest BCUT2D eigenvalue weighted by Crippen LogP contribution is 2.34. The second-order valence-corrected chi connectivity index (χ2v) is 5.71. The molecule has 2 N–H and O–H groups in total. The van der Waals surface area contributed by atoms with Crippen LogP contribution in [0.25, 0.3) is 0 Å². The third kappa shape index (κ3) is 2.86. The van der Waals surface area contributed by atoms with Crippen molar-refractivity contribution in [3.05, 3.63) is 11.4 Å². The predicted molar refractivity (Wildman–Crippen MR) is 74.8 cm³/mol. The Balaban J connectivity index is 3.09. The summed E-state index contributed by atoms with van der Waals surface area (Å²) in [6.07, 6.45) is 2.07. The lowest BCUT2D eigenvalue weighted by Gasteiger charge is -2.32. The molecule has 4 heteroatoms. The van der Waals surface area contributed by atoms with Crippen LogP contribution in [-0.4, -0.2) is 30.4 Å². The van der Waals surface area contributed by atoms with Gasteiger partial charge in [-0.1, -0.05) is 27.7 Å². The van der Waals surface area contributed by atoms with Gasteiger partial charge < -0.3 is 5.32 Å². The van der Waals surface area contributed by atoms with Gasteiger partial charge in [0.05, 0.1) is 11.6 Å². The molecule has 0 spiro atoms. The molecule has 1 aliphatic rings. The molecule has 1 unspecified atom stereocenters. The lowest BCUT2D eigenvalue weighted by Crippen LogP contribution is -2.45. The Morgan fingerprint density at radius 3 is 2.50 bits per heavy atom. The number of hydrogen-bond acceptors (Lipinski definition) is 4. The molecule has 1 heterocycles. The molecule has 0 saturated carbocycles. The summed E-state index contributed by atoms with van der Waals surface area (Å²) in [4.78, 5) is 12.0. The Hall–Kier alpha value is -1.03. The average molecular weight is 253 g/mol. The zero-order valence-corrected chi connectivity index (χ0v) is 12.6. The smallest absolute Gasteiger partial charge is 0.161 e. The third-order valence-electron chi connectivity index (χ3n) is 3.82. The molecular weight excluding hydrogens is 226 g/mol. The van der Waals surface area contributed by atoms with Crippen molar-refractivity contribution in [3.8, 4) is 0 Å². The minimum atomic E-state index is 0.0604. The van der Waals surface area contributed by atoms with E-state index in [1.165, 1.54) is 0 Å². The van der Waals surface area contributed by atoms with E-state index in [0.29, 0.717) is 0 Å². The van der Waals surface area contributed by atoms with Gasteiger partial charge in [-0.25, -0.2) is 5.43 Å². The summed E-state index contributed by atoms with van der Waals surface area (Å²) < 4.78 is 0. The molecule has 0 bridgehead atoms. The molecule has 1 aliphatic heterocycles. The molecule has 0 radical (unpaired) electrons. The van der Waals surface area contributed by atoms with Crippen LogP contribution in [0.4, 0.5) is 0 Å². The van der Waals surface area contributed by atoms with Gasteiger partial charge in [-0.05, 0) is 25.2 Å². The van der Waals surface area contributed by atoms with Crippen LogP contribution < -0.4 is 10.7 Å². The number of carbonyl (C=O) groups is 1. The van der Waals surface area contributed by atoms with Crippen molar-refractivity contribution in [1.82, 2.24) is 15.8 Å². The van der Waals surface area contributed by atoms with E-state index in [1.807, 2.05) is 12.1 Å². The summed E-state index contributed by atoms with van der Waals surface area (Å²) >= 11 is 0. The van der Waals surface area contributed by atoms with Crippen molar-refractivity contribution in [3.63, 3.8) is 0 Å². The summed E-state index contributed by atoms with van der Waals surface area (Å²) in [5, 5.41) is 5.31. The first-order valence-electron chi connectivity index (χ1n) is 6.84. The fourth-order valence-electron chi connectivity index (χ4n) is 2.24. The molecule has 0 aromatic carbocycles. The van der Waals surface area contributed by atoms with Crippen LogP contribution in [0, 0.1) is 5.41 Å². The maximum Gasteiger partial charge on any atom is 0.161 e. The summed E-state index contributed by atoms with van der Waals surface area (Å²) in [6.45, 7) is 11.2. The highest BCUT2D eigenvalue weighted by Gasteiger charge is 2.40. The van der Waals surface area contributed by atoms with Gasteiger partial charge in [0, 0.05) is 13.6 Å². The summed E-state index contributed by atoms with van der Waals surface area (Å²) in [6, 6.07) is 0.0874. The second kappa shape index (κ2) is 5.74. The van der Waals surface area contributed by atoms with Gasteiger partial charge in [0.15, 0.2) is 5.78 Å². The average Bonchev–Trinajstić information content (AvgIpc) is 2.64. The van der Waals surface area contributed by atoms with Gasteiger partial charge >= 0.3 is 0 Å². The minimum absolute atomic E-state index is 0.0604. The van der Waals surface area contributed by atoms with Crippen molar-refractivity contribution in [2.24, 2.45) is 5.41 Å². The first-order chi connectivity index (χ1) is 8.35. The van der Waals surface area contributed by atoms with Gasteiger partial charge in [-0.3, -0.25) is 9.80 Å². The summed E-state index contributed by atoms with van der Waals surface area (Å²) in [5.74, 6) is 1.09. The quantitative estimate of drug-likeness (QED) is 0.760. The molecule has 0 amide bonds. The van der Waals surface area contributed by atoms with Gasteiger partial charge in [0.25, 0.3) is 0 Å². The van der Waals surface area contributed by atoms with E-state index in [2.05, 4.69) is 38.4 Å². The Labute approximate surface area is 111 Å². The molecule has 1 atom stereocenters. The van der Waals surface area contributed by atoms with E-state index in [0.717, 1.165) is 30.8 Å². The number of ketones is 1. The monoisotopic (exact) mass is 253 g/mol. The number of hydrazine groups is 1. The van der Waals surface area contributed by atoms with Crippen molar-refractivity contribution in [1.29, 1.82) is 0 Å². The van der Waals surface area contributed by atoms with E-state index in [-0.39, 0.29) is 17.2 Å². The standard InChI is InChI=1S/C14H27N3O/c1-7-9-15-13-11(10(3)18)12(16-17(13)6)14(4,5)8-2/h12,15-16H,7-9H2,1-6H3. The maximum atomic E-state index is 12.0. The van der Waals surface area contributed by atoms with E-state index in [9.17, 15) is 4.79 Å². The van der Waals surface area contributed by atoms with Crippen LogP contribution in [0.5, 0.6) is 0 Å². The molecule has 0 aromatic rings. The number of carbonyl (C=O) groups excluding carboxylic acids is 1. The van der Waals surface area contributed by atoms with Crippen LogP contribution in [0.15, 0.2) is 11.4 Å². The van der Waals surface area contributed by atoms with Gasteiger partial charge in [-0.15, -0.1) is 0 Å². The maximum absolute atomic E-state index is 12.0. The van der Waals surface area contributed by atoms with Crippen LogP contribution in [0.3, 0.4) is 0 Å². The molecular formula is C14H27N3O. The zero-order chi connectivity index (χ0) is 13.9. The topological polar surface area (TPSA) is 44.4 Å². The molecule has 0 saturated heterocycles. The Bertz CT molecular complexity index is 347. The zero-order valence-electron chi connectivity index (χ0n) is 12.6. The van der Waals surface area contributed by atoms with E-state index < -0.39 is 0 Å². The Kier molecular flexibility index (Phi) is 4.79. The van der Waals surface area contributed by atoms with Crippen LogP contribution in [0.2, 0.25) is 0 Å². The number of rotatable bonds is 6. The Morgan fingerprint density at radius 2 is 2.06 bits per heavy atom. The van der Waals surface area contributed by atoms with E-state index in [4.69, 9.17) is 0 Å². The minimum Gasteiger partial charge on any atom is -0.370 e. The number of hydrogen-bond donors (Lipinski definition) is 2. The largest absolute Gasteiger partial charge is 0.370 e. The molecule has 104 valence electrons. The van der Waals surface area contributed by atoms with Crippen LogP contribution in [0.1, 0.15) is 47.5 Å². The molecule has 0 aliphatic carbocycles. The molecule has 1 rings (SSSR count). The summed E-state index contributed by atoms with van der Waals surface area (Å²) in [7, 11) is 1.96. The van der Waals surface area contributed by atoms with Crippen molar-refractivity contribution < 1.29 is 4.79 Å². The molecule has 0 aromatic heterocycles. The van der Waals surface area contributed by atoms with Gasteiger partial charge in [0.2, 0.25) is 0 Å². The normalized spacial score (nSPS) is 20.6. The lowest BCUT2D eigenvalue weighted by molar-refractivity contribution is -0.114. The van der Waals surface area contributed by atoms with Crippen LogP contribution in [-0.2, 0) is 4.79 Å². The fourth-order valence-corrected chi connectivity index (χ4v) is 2.24. The van der Waals surface area contributed by atoms with Gasteiger partial charge in [0.1, 0.15) is 5.82 Å². The Morgan fingerprint density at radius 1 is 1.44 bits per heavy atom. The first-order valence-corrected chi connectivity index (χ1v) is 6.84.